The molecule has 1 heterocycles. The van der Waals surface area contributed by atoms with Gasteiger partial charge in [0.05, 0.1) is 21.9 Å². The van der Waals surface area contributed by atoms with Crippen molar-refractivity contribution >= 4 is 49.6 Å². The van der Waals surface area contributed by atoms with Crippen LogP contribution in [-0.2, 0) is 21.5 Å². The van der Waals surface area contributed by atoms with E-state index >= 15 is 0 Å². The molecule has 4 rings (SSSR count). The Morgan fingerprint density at radius 1 is 0.895 bits per heavy atom. The second-order valence-electron chi connectivity index (χ2n) is 7.73. The molecule has 0 radical (unpaired) electrons. The van der Waals surface area contributed by atoms with Gasteiger partial charge in [-0.25, -0.2) is 18.0 Å². The van der Waals surface area contributed by atoms with Gasteiger partial charge in [-0.3, -0.25) is 4.79 Å². The Balaban J connectivity index is 0.000000436. The number of nitrogens with zero attached hydrogens (tertiary/aromatic N) is 1. The number of esters is 1. The molecule has 0 saturated carbocycles. The number of ketones is 1. The molecule has 4 aromatic rings. The predicted molar refractivity (Wildman–Crippen MR) is 126 cm³/mol. The van der Waals surface area contributed by atoms with Gasteiger partial charge in [0.25, 0.3) is 0 Å². The molecule has 0 aliphatic heterocycles. The van der Waals surface area contributed by atoms with E-state index in [9.17, 15) is 32.7 Å². The van der Waals surface area contributed by atoms with Crippen LogP contribution in [0, 0.1) is 0 Å². The molecule has 198 valence electrons. The van der Waals surface area contributed by atoms with Crippen LogP contribution >= 0.6 is 0 Å². The van der Waals surface area contributed by atoms with Crippen molar-refractivity contribution < 1.29 is 54.9 Å². The first kappa shape index (κ1) is 28.2. The number of ether oxygens (including phenoxy) is 1. The van der Waals surface area contributed by atoms with Crippen LogP contribution in [0.25, 0.3) is 21.8 Å². The molecule has 0 aliphatic rings. The molecular weight excluding hydrogens is 531 g/mol. The van der Waals surface area contributed by atoms with Crippen LogP contribution in [0.5, 0.6) is 5.75 Å². The Labute approximate surface area is 213 Å². The Hall–Kier alpha value is -4.36. The third kappa shape index (κ3) is 6.12. The minimum absolute atomic E-state index is 0.186. The number of carboxylic acids is 1. The first-order valence-electron chi connectivity index (χ1n) is 10.6. The fourth-order valence-electron chi connectivity index (χ4n) is 3.64. The van der Waals surface area contributed by atoms with Crippen LogP contribution in [0.1, 0.15) is 27.6 Å². The van der Waals surface area contributed by atoms with E-state index in [0.29, 0.717) is 32.9 Å². The standard InChI is InChI=1S/C24H17NO5.CHF3O3S/c1-15(26)16-8-4-7-13-21(16)30-24(29)23-17-9-2-5-11-19(17)25(14-22(27)28)20-12-6-3-10-18(20)23;2-1(3,4)8(5,6)7/h2-13H,14H2,1H3;(H,5,6,7). The van der Waals surface area contributed by atoms with Gasteiger partial charge in [-0.15, -0.1) is 0 Å². The average molecular weight is 549 g/mol. The number of hydrogen-bond donors (Lipinski definition) is 1. The van der Waals surface area contributed by atoms with Crippen LogP contribution in [0.4, 0.5) is 13.2 Å². The van der Waals surface area contributed by atoms with Gasteiger partial charge in [0, 0.05) is 12.1 Å². The molecule has 13 heteroatoms. The number of hydrogen-bond acceptors (Lipinski definition) is 7. The lowest BCUT2D eigenvalue weighted by molar-refractivity contribution is -0.633. The summed E-state index contributed by atoms with van der Waals surface area (Å²) < 4.78 is 66.2. The molecule has 0 atom stereocenters. The van der Waals surface area contributed by atoms with Crippen molar-refractivity contribution in [2.24, 2.45) is 0 Å². The van der Waals surface area contributed by atoms with Crippen molar-refractivity contribution in [1.29, 1.82) is 0 Å². The van der Waals surface area contributed by atoms with Crippen LogP contribution in [0.2, 0.25) is 0 Å². The molecule has 0 aliphatic carbocycles. The molecule has 38 heavy (non-hydrogen) atoms. The maximum atomic E-state index is 13.3. The first-order valence-corrected chi connectivity index (χ1v) is 12.0. The van der Waals surface area contributed by atoms with Crippen molar-refractivity contribution in [1.82, 2.24) is 0 Å². The van der Waals surface area contributed by atoms with E-state index < -0.39 is 27.6 Å². The highest BCUT2D eigenvalue weighted by Crippen LogP contribution is 2.28. The highest BCUT2D eigenvalue weighted by molar-refractivity contribution is 7.86. The monoisotopic (exact) mass is 549 g/mol. The smallest absolute Gasteiger partial charge is 0.485 e. The number of aromatic nitrogens is 1. The number of rotatable bonds is 5. The quantitative estimate of drug-likeness (QED) is 0.0753. The number of pyridine rings is 1. The van der Waals surface area contributed by atoms with E-state index in [2.05, 4.69) is 0 Å². The Bertz CT molecular complexity index is 1610. The van der Waals surface area contributed by atoms with Crippen molar-refractivity contribution in [3.05, 3.63) is 83.9 Å². The third-order valence-electron chi connectivity index (χ3n) is 5.18. The molecule has 1 aromatic heterocycles. The summed E-state index contributed by atoms with van der Waals surface area (Å²) in [5, 5.41) is 10.5. The van der Waals surface area contributed by atoms with Gasteiger partial charge in [-0.2, -0.15) is 17.7 Å². The Morgan fingerprint density at radius 2 is 1.34 bits per heavy atom. The lowest BCUT2D eigenvalue weighted by Crippen LogP contribution is -2.40. The lowest BCUT2D eigenvalue weighted by atomic mass is 10.0. The zero-order chi connectivity index (χ0) is 28.3. The first-order chi connectivity index (χ1) is 17.7. The molecule has 0 amide bonds. The van der Waals surface area contributed by atoms with E-state index in [4.69, 9.17) is 17.7 Å². The summed E-state index contributed by atoms with van der Waals surface area (Å²) in [6.07, 6.45) is 0. The topological polar surface area (TPSA) is 142 Å². The summed E-state index contributed by atoms with van der Waals surface area (Å²) >= 11 is 0. The molecule has 0 unspecified atom stereocenters. The number of benzene rings is 3. The van der Waals surface area contributed by atoms with E-state index in [0.717, 1.165) is 0 Å². The molecule has 1 N–H and O–H groups in total. The van der Waals surface area contributed by atoms with E-state index in [1.807, 2.05) is 0 Å². The Kier molecular flexibility index (Phi) is 8.13. The van der Waals surface area contributed by atoms with Crippen LogP contribution in [-0.4, -0.2) is 41.3 Å². The maximum absolute atomic E-state index is 13.3. The summed E-state index contributed by atoms with van der Waals surface area (Å²) in [6.45, 7) is 1.17. The number of Topliss-reactive ketones (excluding diaryl/α,β-unsaturated/α-hetero) is 1. The van der Waals surface area contributed by atoms with Crippen LogP contribution < -0.4 is 9.30 Å². The highest BCUT2D eigenvalue weighted by atomic mass is 32.2. The molecule has 0 fully saturated rings. The summed E-state index contributed by atoms with van der Waals surface area (Å²) in [5.41, 5.74) is -3.80. The zero-order valence-corrected chi connectivity index (χ0v) is 20.2. The summed E-state index contributed by atoms with van der Waals surface area (Å²) in [7, 11) is -6.09. The number of aliphatic carboxylic acids is 1. The molecule has 3 aromatic carbocycles. The van der Waals surface area contributed by atoms with Crippen molar-refractivity contribution in [2.45, 2.75) is 19.0 Å². The third-order valence-corrected chi connectivity index (χ3v) is 5.75. The number of carbonyl (C=O) groups is 3. The van der Waals surface area contributed by atoms with Crippen molar-refractivity contribution in [2.75, 3.05) is 0 Å². The number of fused-ring (bicyclic) bond motifs is 2. The largest absolute Gasteiger partial charge is 0.741 e. The van der Waals surface area contributed by atoms with Crippen LogP contribution in [0.3, 0.4) is 0 Å². The van der Waals surface area contributed by atoms with Gasteiger partial charge >= 0.3 is 17.4 Å². The summed E-state index contributed by atoms with van der Waals surface area (Å²) in [6, 6.07) is 20.8. The lowest BCUT2D eigenvalue weighted by Gasteiger charge is -2.12. The maximum Gasteiger partial charge on any atom is 0.485 e. The predicted octanol–water partition coefficient (Wildman–Crippen LogP) is 3.84. The van der Waals surface area contributed by atoms with E-state index in [1.165, 1.54) is 6.92 Å². The molecule has 9 nitrogen and oxygen atoms in total. The number of alkyl halides is 3. The number of para-hydroxylation sites is 3. The number of carbonyl (C=O) groups excluding carboxylic acids is 2. The average Bonchev–Trinajstić information content (AvgIpc) is 2.83. The number of halogens is 3. The fraction of sp³-hybridized carbons (Fsp3) is 0.120. The highest BCUT2D eigenvalue weighted by Gasteiger charge is 2.37. The van der Waals surface area contributed by atoms with Gasteiger partial charge in [0.15, 0.2) is 15.9 Å². The van der Waals surface area contributed by atoms with Gasteiger partial charge in [0.2, 0.25) is 17.6 Å². The summed E-state index contributed by atoms with van der Waals surface area (Å²) in [5.74, 6) is -1.62. The molecular formula is C25H18F3NO8S. The van der Waals surface area contributed by atoms with Crippen molar-refractivity contribution in [3.8, 4) is 5.75 Å². The zero-order valence-electron chi connectivity index (χ0n) is 19.4. The van der Waals surface area contributed by atoms with E-state index in [-0.39, 0.29) is 18.1 Å². The van der Waals surface area contributed by atoms with Gasteiger partial charge in [-0.1, -0.05) is 36.4 Å². The van der Waals surface area contributed by atoms with Gasteiger partial charge in [-0.05, 0) is 31.2 Å². The Morgan fingerprint density at radius 3 is 1.79 bits per heavy atom. The molecule has 0 spiro atoms. The SMILES string of the molecule is CC(=O)c1ccccc1OC(=O)c1c2ccccc2[n+](CC(=O)O)c2ccccc12.O=S(=O)([O-])C(F)(F)F. The van der Waals surface area contributed by atoms with E-state index in [1.54, 1.807) is 77.4 Å². The summed E-state index contributed by atoms with van der Waals surface area (Å²) in [4.78, 5) is 36.7. The van der Waals surface area contributed by atoms with Gasteiger partial charge < -0.3 is 14.4 Å². The minimum Gasteiger partial charge on any atom is -0.741 e. The second kappa shape index (κ2) is 10.9. The number of carboxylic acid groups (broad SMARTS) is 1. The normalized spacial score (nSPS) is 11.5. The van der Waals surface area contributed by atoms with Crippen LogP contribution in [0.15, 0.2) is 72.8 Å². The minimum atomic E-state index is -6.09. The van der Waals surface area contributed by atoms with Gasteiger partial charge in [0.1, 0.15) is 5.75 Å². The second-order valence-corrected chi connectivity index (χ2v) is 9.10. The van der Waals surface area contributed by atoms with Crippen molar-refractivity contribution in [3.63, 3.8) is 0 Å². The molecule has 0 bridgehead atoms. The molecule has 0 saturated heterocycles. The fourth-order valence-corrected chi connectivity index (χ4v) is 3.64.